The molecule has 0 spiro atoms. The number of rotatable bonds is 6. The highest BCUT2D eigenvalue weighted by Crippen LogP contribution is 2.25. The molecular weight excluding hydrogens is 349 g/mol. The summed E-state index contributed by atoms with van der Waals surface area (Å²) in [4.78, 5) is 22.9. The van der Waals surface area contributed by atoms with Crippen molar-refractivity contribution in [2.75, 3.05) is 37.8 Å². The lowest BCUT2D eigenvalue weighted by Gasteiger charge is -2.12. The van der Waals surface area contributed by atoms with E-state index >= 15 is 0 Å². The van der Waals surface area contributed by atoms with Gasteiger partial charge in [-0.3, -0.25) is 4.79 Å². The van der Waals surface area contributed by atoms with E-state index in [1.807, 2.05) is 14.1 Å². The Kier molecular flexibility index (Phi) is 6.36. The monoisotopic (exact) mass is 367 g/mol. The Morgan fingerprint density at radius 2 is 1.96 bits per heavy atom. The SMILES string of the molecule is Cc1nc(NCCN(C)C)cc(C(=O)Nc2cc(Cl)ccc2Cl)n1. The molecule has 8 heteroatoms. The Morgan fingerprint density at radius 3 is 2.67 bits per heavy atom. The second-order valence-corrected chi connectivity index (χ2v) is 6.34. The number of carbonyl (C=O) groups excluding carboxylic acids is 1. The average Bonchev–Trinajstić information content (AvgIpc) is 2.50. The summed E-state index contributed by atoms with van der Waals surface area (Å²) in [5.41, 5.74) is 0.693. The maximum Gasteiger partial charge on any atom is 0.274 e. The van der Waals surface area contributed by atoms with E-state index < -0.39 is 0 Å². The molecule has 0 bridgehead atoms. The molecule has 1 heterocycles. The molecule has 128 valence electrons. The fraction of sp³-hybridized carbons (Fsp3) is 0.312. The first-order valence-corrected chi connectivity index (χ1v) is 8.11. The van der Waals surface area contributed by atoms with Gasteiger partial charge in [0.05, 0.1) is 10.7 Å². The Balaban J connectivity index is 2.14. The summed E-state index contributed by atoms with van der Waals surface area (Å²) in [7, 11) is 3.97. The molecule has 0 aliphatic heterocycles. The van der Waals surface area contributed by atoms with E-state index in [1.54, 1.807) is 31.2 Å². The highest BCUT2D eigenvalue weighted by atomic mass is 35.5. The van der Waals surface area contributed by atoms with Crippen LogP contribution >= 0.6 is 23.2 Å². The zero-order valence-electron chi connectivity index (χ0n) is 13.7. The number of halogens is 2. The average molecular weight is 368 g/mol. The molecule has 2 N–H and O–H groups in total. The zero-order chi connectivity index (χ0) is 17.7. The fourth-order valence-electron chi connectivity index (χ4n) is 1.96. The van der Waals surface area contributed by atoms with Gasteiger partial charge in [-0.15, -0.1) is 0 Å². The fourth-order valence-corrected chi connectivity index (χ4v) is 2.30. The quantitative estimate of drug-likeness (QED) is 0.819. The summed E-state index contributed by atoms with van der Waals surface area (Å²) in [5, 5.41) is 6.78. The summed E-state index contributed by atoms with van der Waals surface area (Å²) in [5.74, 6) is 0.735. The van der Waals surface area contributed by atoms with Gasteiger partial charge >= 0.3 is 0 Å². The molecule has 1 aromatic carbocycles. The molecule has 0 fully saturated rings. The first-order valence-electron chi connectivity index (χ1n) is 7.36. The van der Waals surface area contributed by atoms with Crippen molar-refractivity contribution < 1.29 is 4.79 Å². The van der Waals surface area contributed by atoms with Gasteiger partial charge in [-0.2, -0.15) is 0 Å². The smallest absolute Gasteiger partial charge is 0.274 e. The molecule has 1 amide bonds. The molecule has 0 saturated heterocycles. The molecule has 2 aromatic rings. The lowest BCUT2D eigenvalue weighted by Crippen LogP contribution is -2.22. The number of carbonyl (C=O) groups is 1. The van der Waals surface area contributed by atoms with Crippen LogP contribution in [0.1, 0.15) is 16.3 Å². The number of nitrogens with zero attached hydrogens (tertiary/aromatic N) is 3. The van der Waals surface area contributed by atoms with Gasteiger partial charge in [-0.1, -0.05) is 23.2 Å². The lowest BCUT2D eigenvalue weighted by atomic mass is 10.3. The molecule has 0 radical (unpaired) electrons. The van der Waals surface area contributed by atoms with Crippen LogP contribution in [0.3, 0.4) is 0 Å². The van der Waals surface area contributed by atoms with Gasteiger partial charge in [0, 0.05) is 24.2 Å². The van der Waals surface area contributed by atoms with Crippen LogP contribution < -0.4 is 10.6 Å². The summed E-state index contributed by atoms with van der Waals surface area (Å²) in [6.07, 6.45) is 0. The molecule has 24 heavy (non-hydrogen) atoms. The molecular formula is C16H19Cl2N5O. The van der Waals surface area contributed by atoms with Crippen molar-refractivity contribution in [3.63, 3.8) is 0 Å². The number of amides is 1. The number of likely N-dealkylation sites (N-methyl/N-ethyl adjacent to an activating group) is 1. The molecule has 2 rings (SSSR count). The summed E-state index contributed by atoms with van der Waals surface area (Å²) >= 11 is 12.0. The molecule has 0 unspecified atom stereocenters. The summed E-state index contributed by atoms with van der Waals surface area (Å²) < 4.78 is 0. The van der Waals surface area contributed by atoms with Crippen LogP contribution in [-0.4, -0.2) is 48.0 Å². The van der Waals surface area contributed by atoms with Gasteiger partial charge in [0.25, 0.3) is 5.91 Å². The standard InChI is InChI=1S/C16H19Cl2N5O/c1-10-20-14(9-15(21-10)19-6-7-23(2)3)16(24)22-13-8-11(17)4-5-12(13)18/h4-5,8-9H,6-7H2,1-3H3,(H,22,24)(H,19,20,21). The van der Waals surface area contributed by atoms with Crippen molar-refractivity contribution in [1.29, 1.82) is 0 Å². The maximum atomic E-state index is 12.4. The summed E-state index contributed by atoms with van der Waals surface area (Å²) in [6, 6.07) is 6.47. The minimum atomic E-state index is -0.375. The van der Waals surface area contributed by atoms with E-state index in [1.165, 1.54) is 0 Å². The maximum absolute atomic E-state index is 12.4. The predicted octanol–water partition coefficient (Wildman–Crippen LogP) is 3.32. The Morgan fingerprint density at radius 1 is 1.21 bits per heavy atom. The number of aromatic nitrogens is 2. The number of hydrogen-bond donors (Lipinski definition) is 2. The predicted molar refractivity (Wildman–Crippen MR) is 98.2 cm³/mol. The highest BCUT2D eigenvalue weighted by molar-refractivity contribution is 6.35. The van der Waals surface area contributed by atoms with E-state index in [4.69, 9.17) is 23.2 Å². The van der Waals surface area contributed by atoms with Crippen LogP contribution in [-0.2, 0) is 0 Å². The third-order valence-corrected chi connectivity index (χ3v) is 3.68. The van der Waals surface area contributed by atoms with Crippen molar-refractivity contribution in [2.45, 2.75) is 6.92 Å². The molecule has 1 aromatic heterocycles. The minimum absolute atomic E-state index is 0.255. The van der Waals surface area contributed by atoms with E-state index in [9.17, 15) is 4.79 Å². The van der Waals surface area contributed by atoms with Crippen LogP contribution in [0.5, 0.6) is 0 Å². The number of benzene rings is 1. The Bertz CT molecular complexity index is 736. The second kappa shape index (κ2) is 8.28. The Hall–Kier alpha value is -1.89. The van der Waals surface area contributed by atoms with Gasteiger partial charge in [-0.05, 0) is 39.2 Å². The first kappa shape index (κ1) is 18.4. The van der Waals surface area contributed by atoms with Crippen molar-refractivity contribution in [1.82, 2.24) is 14.9 Å². The lowest BCUT2D eigenvalue weighted by molar-refractivity contribution is 0.102. The number of anilines is 2. The second-order valence-electron chi connectivity index (χ2n) is 5.49. The molecule has 0 aliphatic rings. The van der Waals surface area contributed by atoms with Crippen LogP contribution in [0.2, 0.25) is 10.0 Å². The number of aryl methyl sites for hydroxylation is 1. The highest BCUT2D eigenvalue weighted by Gasteiger charge is 2.13. The van der Waals surface area contributed by atoms with Crippen molar-refractivity contribution in [3.05, 3.63) is 45.8 Å². The third-order valence-electron chi connectivity index (χ3n) is 3.11. The van der Waals surface area contributed by atoms with E-state index in [2.05, 4.69) is 25.5 Å². The van der Waals surface area contributed by atoms with Gasteiger partial charge in [0.2, 0.25) is 0 Å². The van der Waals surface area contributed by atoms with E-state index in [0.29, 0.717) is 33.9 Å². The van der Waals surface area contributed by atoms with Gasteiger partial charge in [0.15, 0.2) is 0 Å². The van der Waals surface area contributed by atoms with Crippen LogP contribution in [0.15, 0.2) is 24.3 Å². The molecule has 0 aliphatic carbocycles. The van der Waals surface area contributed by atoms with Crippen LogP contribution in [0.25, 0.3) is 0 Å². The minimum Gasteiger partial charge on any atom is -0.369 e. The zero-order valence-corrected chi connectivity index (χ0v) is 15.2. The van der Waals surface area contributed by atoms with Crippen molar-refractivity contribution >= 4 is 40.6 Å². The molecule has 0 atom stereocenters. The number of hydrogen-bond acceptors (Lipinski definition) is 5. The third kappa shape index (κ3) is 5.33. The van der Waals surface area contributed by atoms with E-state index in [-0.39, 0.29) is 11.6 Å². The van der Waals surface area contributed by atoms with Crippen LogP contribution in [0.4, 0.5) is 11.5 Å². The topological polar surface area (TPSA) is 70.2 Å². The molecule has 6 nitrogen and oxygen atoms in total. The van der Waals surface area contributed by atoms with Crippen LogP contribution in [0, 0.1) is 6.92 Å². The normalized spacial score (nSPS) is 10.8. The van der Waals surface area contributed by atoms with E-state index in [0.717, 1.165) is 6.54 Å². The van der Waals surface area contributed by atoms with Crippen molar-refractivity contribution in [2.24, 2.45) is 0 Å². The summed E-state index contributed by atoms with van der Waals surface area (Å²) in [6.45, 7) is 3.30. The first-order chi connectivity index (χ1) is 11.3. The molecule has 0 saturated carbocycles. The van der Waals surface area contributed by atoms with Gasteiger partial charge in [0.1, 0.15) is 17.3 Å². The Labute approximate surface area is 151 Å². The number of nitrogens with one attached hydrogen (secondary N) is 2. The van der Waals surface area contributed by atoms with Gasteiger partial charge in [-0.25, -0.2) is 9.97 Å². The largest absolute Gasteiger partial charge is 0.369 e. The van der Waals surface area contributed by atoms with Crippen molar-refractivity contribution in [3.8, 4) is 0 Å². The van der Waals surface area contributed by atoms with Gasteiger partial charge < -0.3 is 15.5 Å².